The van der Waals surface area contributed by atoms with Crippen molar-refractivity contribution in [2.75, 3.05) is 21.3 Å². The van der Waals surface area contributed by atoms with Gasteiger partial charge in [0.05, 0.1) is 0 Å². The Morgan fingerprint density at radius 3 is 0.853 bits per heavy atom. The summed E-state index contributed by atoms with van der Waals surface area (Å²) in [6.45, 7) is 16.7. The van der Waals surface area contributed by atoms with E-state index in [1.807, 2.05) is 62.3 Å². The summed E-state index contributed by atoms with van der Waals surface area (Å²) in [7, 11) is 3.79. The Kier molecular flexibility index (Phi) is 12.3. The molecule has 0 aromatic rings. The number of methoxy groups -OCH3 is 3. The number of esters is 3. The van der Waals surface area contributed by atoms with E-state index in [-0.39, 0.29) is 17.3 Å². The molecule has 0 aromatic carbocycles. The standard InChI is InChI=1S/3C8H14O3.In/c3*1-8(2,3)6(9)5-7(10)11-4;/h3*5,9H,1-4H3;/q;;;+3/p-3/b3*6-5+;. The predicted octanol–water partition coefficient (Wildman–Crippen LogP) is 4.33. The van der Waals surface area contributed by atoms with Crippen molar-refractivity contribution >= 4 is 40.7 Å². The number of allylic oxidation sites excluding steroid dienone is 3. The molecule has 0 saturated carbocycles. The summed E-state index contributed by atoms with van der Waals surface area (Å²) in [5.74, 6) is -0.930. The third kappa shape index (κ3) is 11.9. The van der Waals surface area contributed by atoms with Crippen LogP contribution in [0.5, 0.6) is 0 Å². The van der Waals surface area contributed by atoms with Crippen LogP contribution in [0.15, 0.2) is 35.5 Å². The second-order valence-electron chi connectivity index (χ2n) is 10.5. The van der Waals surface area contributed by atoms with E-state index in [1.165, 1.54) is 39.6 Å². The van der Waals surface area contributed by atoms with Gasteiger partial charge in [0.1, 0.15) is 0 Å². The summed E-state index contributed by atoms with van der Waals surface area (Å²) >= 11 is -4.15. The third-order valence-electron chi connectivity index (χ3n) is 4.24. The van der Waals surface area contributed by atoms with Crippen LogP contribution in [0.2, 0.25) is 0 Å². The van der Waals surface area contributed by atoms with Crippen LogP contribution in [0, 0.1) is 16.2 Å². The van der Waals surface area contributed by atoms with Crippen molar-refractivity contribution in [3.63, 3.8) is 0 Å². The molecule has 9 nitrogen and oxygen atoms in total. The van der Waals surface area contributed by atoms with Crippen molar-refractivity contribution in [2.24, 2.45) is 16.2 Å². The number of hydrogen-bond donors (Lipinski definition) is 0. The van der Waals surface area contributed by atoms with E-state index in [0.29, 0.717) is 0 Å². The van der Waals surface area contributed by atoms with E-state index in [4.69, 9.17) is 22.8 Å². The molecule has 0 atom stereocenters. The second-order valence-corrected chi connectivity index (χ2v) is 14.2. The van der Waals surface area contributed by atoms with E-state index in [1.54, 1.807) is 0 Å². The molecule has 10 heteroatoms. The molecule has 34 heavy (non-hydrogen) atoms. The first-order chi connectivity index (χ1) is 15.3. The number of hydrogen-bond acceptors (Lipinski definition) is 9. The molecule has 0 rings (SSSR count). The number of ether oxygens (including phenoxy) is 3. The Labute approximate surface area is 212 Å². The summed E-state index contributed by atoms with van der Waals surface area (Å²) in [5, 5.41) is 0. The van der Waals surface area contributed by atoms with Gasteiger partial charge in [-0.2, -0.15) is 0 Å². The summed E-state index contributed by atoms with van der Waals surface area (Å²) in [4.78, 5) is 36.0. The van der Waals surface area contributed by atoms with Crippen molar-refractivity contribution in [1.82, 2.24) is 0 Å². The van der Waals surface area contributed by atoms with Gasteiger partial charge in [0.2, 0.25) is 0 Å². The first kappa shape index (κ1) is 31.9. The molecule has 0 fully saturated rings. The van der Waals surface area contributed by atoms with Crippen molar-refractivity contribution in [3.8, 4) is 0 Å². The van der Waals surface area contributed by atoms with Crippen LogP contribution in [0.1, 0.15) is 62.3 Å². The van der Waals surface area contributed by atoms with Crippen LogP contribution >= 0.6 is 0 Å². The monoisotopic (exact) mass is 586 g/mol. The molecule has 0 amide bonds. The van der Waals surface area contributed by atoms with Crippen LogP contribution in [0.4, 0.5) is 0 Å². The molecule has 0 bridgehead atoms. The molecule has 0 unspecified atom stereocenters. The SMILES string of the molecule is COC(=O)/C=C(/[O][In]([O]/C(=C/C(=O)OC)C(C)(C)C)[O]/C(=C/C(=O)OC)C(C)(C)C)C(C)(C)C. The van der Waals surface area contributed by atoms with Gasteiger partial charge < -0.3 is 0 Å². The van der Waals surface area contributed by atoms with Gasteiger partial charge in [-0.15, -0.1) is 0 Å². The van der Waals surface area contributed by atoms with Gasteiger partial charge in [0.25, 0.3) is 0 Å². The zero-order valence-corrected chi connectivity index (χ0v) is 25.8. The van der Waals surface area contributed by atoms with Crippen molar-refractivity contribution in [1.29, 1.82) is 0 Å². The van der Waals surface area contributed by atoms with Gasteiger partial charge in [-0.1, -0.05) is 0 Å². The molecular formula is C24H39InO9. The summed E-state index contributed by atoms with van der Waals surface area (Å²) in [5.41, 5.74) is -1.80. The molecule has 0 N–H and O–H groups in total. The molecule has 0 aliphatic heterocycles. The Morgan fingerprint density at radius 1 is 0.500 bits per heavy atom. The predicted molar refractivity (Wildman–Crippen MR) is 128 cm³/mol. The maximum absolute atomic E-state index is 12.0. The Bertz CT molecular complexity index is 709. The Morgan fingerprint density at radius 2 is 0.706 bits per heavy atom. The molecule has 0 spiro atoms. The maximum atomic E-state index is 12.0. The van der Waals surface area contributed by atoms with Gasteiger partial charge >= 0.3 is 213 Å². The average molecular weight is 586 g/mol. The van der Waals surface area contributed by atoms with E-state index in [0.717, 1.165) is 0 Å². The van der Waals surface area contributed by atoms with Crippen LogP contribution in [-0.2, 0) is 37.2 Å². The van der Waals surface area contributed by atoms with E-state index < -0.39 is 56.9 Å². The van der Waals surface area contributed by atoms with E-state index in [2.05, 4.69) is 0 Å². The van der Waals surface area contributed by atoms with Gasteiger partial charge in [-0.3, -0.25) is 0 Å². The van der Waals surface area contributed by atoms with E-state index >= 15 is 0 Å². The minimum absolute atomic E-state index is 0.290. The van der Waals surface area contributed by atoms with Gasteiger partial charge in [0.15, 0.2) is 0 Å². The number of carbonyl (C=O) groups is 3. The molecule has 0 aliphatic carbocycles. The van der Waals surface area contributed by atoms with Gasteiger partial charge in [-0.05, 0) is 0 Å². The fraction of sp³-hybridized carbons (Fsp3) is 0.625. The molecule has 192 valence electrons. The van der Waals surface area contributed by atoms with Crippen molar-refractivity contribution in [2.45, 2.75) is 62.3 Å². The summed E-state index contributed by atoms with van der Waals surface area (Å²) < 4.78 is 32.9. The normalized spacial score (nSPS) is 13.6. The molecule has 0 radical (unpaired) electrons. The Balaban J connectivity index is 6.63. The van der Waals surface area contributed by atoms with Crippen molar-refractivity contribution < 1.29 is 37.2 Å². The molecule has 0 aromatic heterocycles. The molecular weight excluding hydrogens is 547 g/mol. The second kappa shape index (κ2) is 13.1. The quantitative estimate of drug-likeness (QED) is 0.169. The van der Waals surface area contributed by atoms with Gasteiger partial charge in [-0.25, -0.2) is 0 Å². The topological polar surface area (TPSA) is 107 Å². The zero-order valence-electron chi connectivity index (χ0n) is 22.5. The van der Waals surface area contributed by atoms with E-state index in [9.17, 15) is 14.4 Å². The fourth-order valence-electron chi connectivity index (χ4n) is 2.16. The average Bonchev–Trinajstić information content (AvgIpc) is 2.69. The summed E-state index contributed by atoms with van der Waals surface area (Å²) in [6, 6.07) is 0. The van der Waals surface area contributed by atoms with Crippen LogP contribution in [0.25, 0.3) is 0 Å². The summed E-state index contributed by atoms with van der Waals surface area (Å²) in [6.07, 6.45) is 3.70. The number of rotatable bonds is 9. The zero-order chi connectivity index (χ0) is 26.9. The van der Waals surface area contributed by atoms with Crippen LogP contribution < -0.4 is 0 Å². The number of carbonyl (C=O) groups excluding carboxylic acids is 3. The van der Waals surface area contributed by atoms with Crippen LogP contribution in [0.3, 0.4) is 0 Å². The Hall–Kier alpha value is -2.10. The first-order valence-corrected chi connectivity index (χ1v) is 14.8. The third-order valence-corrected chi connectivity index (χ3v) is 8.06. The molecule has 0 heterocycles. The fourth-order valence-corrected chi connectivity index (χ4v) is 7.96. The van der Waals surface area contributed by atoms with Gasteiger partial charge in [0, 0.05) is 0 Å². The molecule has 0 aliphatic rings. The molecule has 0 saturated heterocycles. The van der Waals surface area contributed by atoms with Crippen molar-refractivity contribution in [3.05, 3.63) is 35.5 Å². The van der Waals surface area contributed by atoms with Crippen LogP contribution in [-0.4, -0.2) is 62.0 Å². The minimum atomic E-state index is -4.15. The first-order valence-electron chi connectivity index (χ1n) is 10.8.